The van der Waals surface area contributed by atoms with Gasteiger partial charge in [-0.15, -0.1) is 12.3 Å². The normalized spacial score (nSPS) is 14.4. The minimum absolute atomic E-state index is 0.311. The van der Waals surface area contributed by atoms with Gasteiger partial charge in [0.25, 0.3) is 0 Å². The molecule has 4 heteroatoms. The highest BCUT2D eigenvalue weighted by Gasteiger charge is 2.24. The predicted octanol–water partition coefficient (Wildman–Crippen LogP) is 3.22. The number of terminal acetylenes is 1. The Hall–Kier alpha value is -2.09. The van der Waals surface area contributed by atoms with E-state index >= 15 is 0 Å². The average Bonchev–Trinajstić information content (AvgIpc) is 3.39. The summed E-state index contributed by atoms with van der Waals surface area (Å²) in [5, 5.41) is 0. The monoisotopic (exact) mass is 325 g/mol. The van der Waals surface area contributed by atoms with E-state index in [9.17, 15) is 8.42 Å². The molecule has 0 spiro atoms. The summed E-state index contributed by atoms with van der Waals surface area (Å²) in [5.74, 6) is 3.14. The van der Waals surface area contributed by atoms with E-state index in [2.05, 4.69) is 10.6 Å². The van der Waals surface area contributed by atoms with Crippen LogP contribution < -0.4 is 4.72 Å². The molecule has 1 N–H and O–H groups in total. The van der Waals surface area contributed by atoms with Gasteiger partial charge < -0.3 is 0 Å². The van der Waals surface area contributed by atoms with E-state index in [1.165, 1.54) is 0 Å². The molecule has 0 atom stereocenters. The molecule has 0 radical (unpaired) electrons. The van der Waals surface area contributed by atoms with Gasteiger partial charge in [-0.2, -0.15) is 0 Å². The van der Waals surface area contributed by atoms with Crippen LogP contribution in [0.15, 0.2) is 53.4 Å². The molecule has 1 saturated carbocycles. The lowest BCUT2D eigenvalue weighted by Gasteiger charge is -2.08. The summed E-state index contributed by atoms with van der Waals surface area (Å²) >= 11 is 0. The van der Waals surface area contributed by atoms with Crippen LogP contribution >= 0.6 is 0 Å². The molecule has 0 aliphatic heterocycles. The lowest BCUT2D eigenvalue weighted by atomic mass is 10.0. The van der Waals surface area contributed by atoms with Crippen LogP contribution in [0.5, 0.6) is 0 Å². The predicted molar refractivity (Wildman–Crippen MR) is 92.3 cm³/mol. The van der Waals surface area contributed by atoms with Crippen molar-refractivity contribution in [3.05, 3.63) is 54.1 Å². The molecule has 23 heavy (non-hydrogen) atoms. The maximum Gasteiger partial charge on any atom is 0.240 e. The third-order valence-electron chi connectivity index (χ3n) is 4.02. The molecule has 0 aromatic heterocycles. The Morgan fingerprint density at radius 2 is 1.57 bits per heavy atom. The van der Waals surface area contributed by atoms with Crippen molar-refractivity contribution < 1.29 is 8.42 Å². The maximum absolute atomic E-state index is 12.2. The number of hydrogen-bond donors (Lipinski definition) is 1. The summed E-state index contributed by atoms with van der Waals surface area (Å²) in [6.07, 6.45) is 8.16. The van der Waals surface area contributed by atoms with Crippen molar-refractivity contribution >= 4 is 10.0 Å². The van der Waals surface area contributed by atoms with Gasteiger partial charge in [0, 0.05) is 13.0 Å². The van der Waals surface area contributed by atoms with E-state index in [4.69, 9.17) is 6.42 Å². The molecule has 2 aromatic rings. The van der Waals surface area contributed by atoms with Gasteiger partial charge in [-0.25, -0.2) is 13.1 Å². The first-order valence-electron chi connectivity index (χ1n) is 7.71. The first-order chi connectivity index (χ1) is 11.1. The number of benzene rings is 2. The largest absolute Gasteiger partial charge is 0.240 e. The summed E-state index contributed by atoms with van der Waals surface area (Å²) < 4.78 is 27.1. The first kappa shape index (κ1) is 15.8. The number of rotatable bonds is 6. The second-order valence-electron chi connectivity index (χ2n) is 5.90. The zero-order valence-corrected chi connectivity index (χ0v) is 13.6. The van der Waals surface area contributed by atoms with Crippen molar-refractivity contribution in [2.75, 3.05) is 6.54 Å². The number of sulfonamides is 1. The lowest BCUT2D eigenvalue weighted by molar-refractivity contribution is 0.577. The molecule has 1 aliphatic rings. The molecular weight excluding hydrogens is 306 g/mol. The summed E-state index contributed by atoms with van der Waals surface area (Å²) in [7, 11) is -3.40. The van der Waals surface area contributed by atoms with Crippen molar-refractivity contribution in [3.63, 3.8) is 0 Å². The lowest BCUT2D eigenvalue weighted by Crippen LogP contribution is -2.25. The van der Waals surface area contributed by atoms with Gasteiger partial charge in [-0.05, 0) is 47.6 Å². The third-order valence-corrected chi connectivity index (χ3v) is 5.46. The molecule has 1 aliphatic carbocycles. The molecule has 0 bridgehead atoms. The third kappa shape index (κ3) is 4.01. The second kappa shape index (κ2) is 6.57. The van der Waals surface area contributed by atoms with E-state index in [0.717, 1.165) is 29.5 Å². The van der Waals surface area contributed by atoms with Gasteiger partial charge in [0.15, 0.2) is 0 Å². The summed E-state index contributed by atoms with van der Waals surface area (Å²) in [6, 6.07) is 15.0. The van der Waals surface area contributed by atoms with Crippen LogP contribution in [0.1, 0.15) is 18.4 Å². The molecule has 3 nitrogen and oxygen atoms in total. The zero-order chi connectivity index (χ0) is 16.3. The smallest absolute Gasteiger partial charge is 0.211 e. The van der Waals surface area contributed by atoms with Crippen LogP contribution in [-0.2, 0) is 16.4 Å². The Kier molecular flexibility index (Phi) is 4.51. The standard InChI is InChI=1S/C19H19NO2S/c1-2-3-15-6-8-17(9-7-15)18-10-12-19(13-11-18)23(21,22)20-14-16-4-5-16/h1,6-13,16,20H,3-5,14H2. The Morgan fingerprint density at radius 1 is 1.00 bits per heavy atom. The molecule has 0 amide bonds. The van der Waals surface area contributed by atoms with E-state index < -0.39 is 10.0 Å². The van der Waals surface area contributed by atoms with Crippen LogP contribution in [0.2, 0.25) is 0 Å². The topological polar surface area (TPSA) is 46.2 Å². The molecule has 118 valence electrons. The van der Waals surface area contributed by atoms with Gasteiger partial charge >= 0.3 is 0 Å². The minimum Gasteiger partial charge on any atom is -0.211 e. The van der Waals surface area contributed by atoms with Crippen LogP contribution in [0.3, 0.4) is 0 Å². The molecule has 0 saturated heterocycles. The fourth-order valence-electron chi connectivity index (χ4n) is 2.39. The quantitative estimate of drug-likeness (QED) is 0.829. The van der Waals surface area contributed by atoms with Gasteiger partial charge in [0.2, 0.25) is 10.0 Å². The SMILES string of the molecule is C#CCc1ccc(-c2ccc(S(=O)(=O)NCC3CC3)cc2)cc1. The van der Waals surface area contributed by atoms with E-state index in [-0.39, 0.29) is 0 Å². The Morgan fingerprint density at radius 3 is 2.09 bits per heavy atom. The molecule has 0 heterocycles. The average molecular weight is 325 g/mol. The highest BCUT2D eigenvalue weighted by atomic mass is 32.2. The van der Waals surface area contributed by atoms with Crippen molar-refractivity contribution in [2.24, 2.45) is 5.92 Å². The van der Waals surface area contributed by atoms with Gasteiger partial charge in [0.1, 0.15) is 0 Å². The molecular formula is C19H19NO2S. The van der Waals surface area contributed by atoms with Crippen LogP contribution in [0.25, 0.3) is 11.1 Å². The van der Waals surface area contributed by atoms with E-state index in [1.54, 1.807) is 12.1 Å². The minimum atomic E-state index is -3.40. The van der Waals surface area contributed by atoms with Gasteiger partial charge in [-0.3, -0.25) is 0 Å². The van der Waals surface area contributed by atoms with Crippen molar-refractivity contribution in [1.29, 1.82) is 0 Å². The van der Waals surface area contributed by atoms with Crippen LogP contribution in [0.4, 0.5) is 0 Å². The molecule has 1 fully saturated rings. The number of hydrogen-bond acceptors (Lipinski definition) is 2. The summed E-state index contributed by atoms with van der Waals surface area (Å²) in [6.45, 7) is 0.542. The van der Waals surface area contributed by atoms with Crippen LogP contribution in [-0.4, -0.2) is 15.0 Å². The molecule has 2 aromatic carbocycles. The van der Waals surface area contributed by atoms with Crippen molar-refractivity contribution in [1.82, 2.24) is 4.72 Å². The van der Waals surface area contributed by atoms with Crippen LogP contribution in [0, 0.1) is 18.3 Å². The van der Waals surface area contributed by atoms with E-state index in [0.29, 0.717) is 23.8 Å². The fraction of sp³-hybridized carbons (Fsp3) is 0.263. The molecule has 3 rings (SSSR count). The van der Waals surface area contributed by atoms with Crippen molar-refractivity contribution in [2.45, 2.75) is 24.2 Å². The van der Waals surface area contributed by atoms with Gasteiger partial charge in [0.05, 0.1) is 4.90 Å². The Balaban J connectivity index is 1.74. The Bertz CT molecular complexity index is 811. The molecule has 0 unspecified atom stereocenters. The second-order valence-corrected chi connectivity index (χ2v) is 7.66. The summed E-state index contributed by atoms with van der Waals surface area (Å²) in [5.41, 5.74) is 3.12. The first-order valence-corrected chi connectivity index (χ1v) is 9.19. The maximum atomic E-state index is 12.2. The summed E-state index contributed by atoms with van der Waals surface area (Å²) in [4.78, 5) is 0.311. The number of nitrogens with one attached hydrogen (secondary N) is 1. The zero-order valence-electron chi connectivity index (χ0n) is 12.8. The fourth-order valence-corrected chi connectivity index (χ4v) is 3.51. The highest BCUT2D eigenvalue weighted by molar-refractivity contribution is 7.89. The highest BCUT2D eigenvalue weighted by Crippen LogP contribution is 2.28. The van der Waals surface area contributed by atoms with Crippen molar-refractivity contribution in [3.8, 4) is 23.5 Å². The van der Waals surface area contributed by atoms with Gasteiger partial charge in [-0.1, -0.05) is 36.4 Å². The Labute approximate surface area is 137 Å². The van der Waals surface area contributed by atoms with E-state index in [1.807, 2.05) is 36.4 Å².